The van der Waals surface area contributed by atoms with Gasteiger partial charge < -0.3 is 21.1 Å². The number of hydrogen-bond donors (Lipinski definition) is 3. The Morgan fingerprint density at radius 3 is 2.76 bits per heavy atom. The summed E-state index contributed by atoms with van der Waals surface area (Å²) in [6.45, 7) is -0.0368. The summed E-state index contributed by atoms with van der Waals surface area (Å²) in [6.07, 6.45) is 5.66. The number of carbonyl (C=O) groups excluding carboxylic acids is 1. The fourth-order valence-electron chi connectivity index (χ4n) is 4.74. The summed E-state index contributed by atoms with van der Waals surface area (Å²) in [5.74, 6) is -0.166. The number of nitrogens with two attached hydrogens (primary N) is 1. The maximum absolute atomic E-state index is 15.1. The molecule has 11 heteroatoms. The first-order valence-corrected chi connectivity index (χ1v) is 11.9. The Hall–Kier alpha value is -4.51. The summed E-state index contributed by atoms with van der Waals surface area (Å²) in [5.41, 5.74) is 9.72. The Labute approximate surface area is 211 Å². The highest BCUT2D eigenvalue weighted by molar-refractivity contribution is 6.09. The topological polar surface area (TPSA) is 143 Å². The molecule has 1 fully saturated rings. The number of aromatic nitrogens is 5. The Kier molecular flexibility index (Phi) is 5.68. The number of hydrogen-bond acceptors (Lipinski definition) is 9. The number of rotatable bonds is 6. The summed E-state index contributed by atoms with van der Waals surface area (Å²) in [7, 11) is 0. The third-order valence-electron chi connectivity index (χ3n) is 6.64. The van der Waals surface area contributed by atoms with Crippen molar-refractivity contribution in [2.45, 2.75) is 31.8 Å². The molecule has 10 nitrogen and oxygen atoms in total. The largest absolute Gasteiger partial charge is 0.392 e. The summed E-state index contributed by atoms with van der Waals surface area (Å²) in [6, 6.07) is 10.3. The van der Waals surface area contributed by atoms with Gasteiger partial charge in [-0.2, -0.15) is 25.1 Å². The van der Waals surface area contributed by atoms with E-state index in [9.17, 15) is 9.90 Å². The van der Waals surface area contributed by atoms with E-state index in [4.69, 9.17) is 5.73 Å². The quantitative estimate of drug-likeness (QED) is 0.364. The summed E-state index contributed by atoms with van der Waals surface area (Å²) >= 11 is 0. The van der Waals surface area contributed by atoms with E-state index in [0.717, 1.165) is 24.0 Å². The van der Waals surface area contributed by atoms with Crippen LogP contribution in [0.15, 0.2) is 48.8 Å². The van der Waals surface area contributed by atoms with Crippen LogP contribution in [0, 0.1) is 5.82 Å². The van der Waals surface area contributed by atoms with Crippen molar-refractivity contribution in [3.8, 4) is 11.4 Å². The highest BCUT2D eigenvalue weighted by atomic mass is 19.1. The van der Waals surface area contributed by atoms with Gasteiger partial charge in [-0.05, 0) is 54.5 Å². The zero-order chi connectivity index (χ0) is 25.5. The van der Waals surface area contributed by atoms with Gasteiger partial charge in [0.1, 0.15) is 5.82 Å². The first-order chi connectivity index (χ1) is 18.0. The van der Waals surface area contributed by atoms with Gasteiger partial charge in [0.25, 0.3) is 5.91 Å². The molecule has 0 saturated heterocycles. The summed E-state index contributed by atoms with van der Waals surface area (Å²) in [4.78, 5) is 27.8. The van der Waals surface area contributed by atoms with Gasteiger partial charge in [0, 0.05) is 17.7 Å². The molecule has 186 valence electrons. The SMILES string of the molecule is Nc1nc(Nc2ccnnc2)nc(-c2cccc(N3CCc4cc(C5CC5)cc(F)c4C3=O)c2CO)n1. The lowest BCUT2D eigenvalue weighted by atomic mass is 9.93. The van der Waals surface area contributed by atoms with E-state index in [2.05, 4.69) is 30.5 Å². The van der Waals surface area contributed by atoms with Crippen LogP contribution in [0.4, 0.5) is 27.7 Å². The minimum Gasteiger partial charge on any atom is -0.392 e. The van der Waals surface area contributed by atoms with Crippen LogP contribution in [0.2, 0.25) is 0 Å². The van der Waals surface area contributed by atoms with Gasteiger partial charge in [-0.3, -0.25) is 4.79 Å². The van der Waals surface area contributed by atoms with Crippen LogP contribution in [0.25, 0.3) is 11.4 Å². The smallest absolute Gasteiger partial charge is 0.261 e. The van der Waals surface area contributed by atoms with E-state index in [1.54, 1.807) is 24.3 Å². The second kappa shape index (κ2) is 9.17. The summed E-state index contributed by atoms with van der Waals surface area (Å²) < 4.78 is 15.1. The highest BCUT2D eigenvalue weighted by Crippen LogP contribution is 2.42. The van der Waals surface area contributed by atoms with Crippen molar-refractivity contribution in [1.82, 2.24) is 25.1 Å². The van der Waals surface area contributed by atoms with Gasteiger partial charge in [0.15, 0.2) is 5.82 Å². The van der Waals surface area contributed by atoms with Crippen molar-refractivity contribution in [3.05, 3.63) is 76.9 Å². The number of aliphatic hydroxyl groups excluding tert-OH is 1. The maximum atomic E-state index is 15.1. The number of aliphatic hydroxyl groups is 1. The van der Waals surface area contributed by atoms with Crippen molar-refractivity contribution in [2.75, 3.05) is 22.5 Å². The molecule has 0 radical (unpaired) electrons. The molecule has 1 aliphatic heterocycles. The lowest BCUT2D eigenvalue weighted by Crippen LogP contribution is -2.39. The maximum Gasteiger partial charge on any atom is 0.261 e. The van der Waals surface area contributed by atoms with Crippen LogP contribution in [0.5, 0.6) is 0 Å². The van der Waals surface area contributed by atoms with Gasteiger partial charge in [-0.1, -0.05) is 18.2 Å². The number of nitrogens with zero attached hydrogens (tertiary/aromatic N) is 6. The molecule has 4 N–H and O–H groups in total. The third kappa shape index (κ3) is 4.33. The summed E-state index contributed by atoms with van der Waals surface area (Å²) in [5, 5.41) is 20.9. The zero-order valence-corrected chi connectivity index (χ0v) is 19.7. The second-order valence-corrected chi connectivity index (χ2v) is 9.08. The molecule has 1 saturated carbocycles. The minimum atomic E-state index is -0.498. The molecule has 0 unspecified atom stereocenters. The average Bonchev–Trinajstić information content (AvgIpc) is 3.74. The zero-order valence-electron chi connectivity index (χ0n) is 19.7. The second-order valence-electron chi connectivity index (χ2n) is 9.08. The van der Waals surface area contributed by atoms with Gasteiger partial charge in [-0.25, -0.2) is 4.39 Å². The molecular formula is C26H23FN8O2. The number of anilines is 4. The molecule has 2 aliphatic rings. The van der Waals surface area contributed by atoms with Crippen LogP contribution in [-0.2, 0) is 13.0 Å². The molecule has 37 heavy (non-hydrogen) atoms. The van der Waals surface area contributed by atoms with Gasteiger partial charge in [0.2, 0.25) is 11.9 Å². The van der Waals surface area contributed by atoms with E-state index < -0.39 is 18.3 Å². The van der Waals surface area contributed by atoms with Crippen molar-refractivity contribution >= 4 is 29.2 Å². The van der Waals surface area contributed by atoms with Gasteiger partial charge in [-0.15, -0.1) is 0 Å². The lowest BCUT2D eigenvalue weighted by molar-refractivity contribution is 0.0976. The van der Waals surface area contributed by atoms with Crippen molar-refractivity contribution in [3.63, 3.8) is 0 Å². The first kappa shape index (κ1) is 22.9. The normalized spacial score (nSPS) is 15.0. The Bertz CT molecular complexity index is 1510. The number of fused-ring (bicyclic) bond motifs is 1. The molecule has 2 aromatic carbocycles. The Morgan fingerprint density at radius 2 is 2.00 bits per heavy atom. The molecule has 0 atom stereocenters. The number of halogens is 1. The fraction of sp³-hybridized carbons (Fsp3) is 0.231. The molecule has 6 rings (SSSR count). The molecule has 1 aliphatic carbocycles. The Balaban J connectivity index is 1.37. The molecule has 4 aromatic rings. The molecular weight excluding hydrogens is 475 g/mol. The van der Waals surface area contributed by atoms with Crippen molar-refractivity contribution in [2.24, 2.45) is 0 Å². The molecule has 2 aromatic heterocycles. The average molecular weight is 499 g/mol. The standard InChI is InChI=1S/C26H23FN8O2/c27-20-11-16(14-4-5-14)10-15-7-9-35(24(37)22(15)20)21-3-1-2-18(19(21)13-36)23-32-25(28)34-26(33-23)31-17-6-8-29-30-12-17/h1-3,6,8,10-12,14,36H,4-5,7,9,13H2,(H3,28,29,31,32,33,34). The molecule has 1 amide bonds. The first-order valence-electron chi connectivity index (χ1n) is 11.9. The monoisotopic (exact) mass is 498 g/mol. The lowest BCUT2D eigenvalue weighted by Gasteiger charge is -2.31. The number of nitrogens with one attached hydrogen (secondary N) is 1. The predicted molar refractivity (Wildman–Crippen MR) is 135 cm³/mol. The molecule has 0 spiro atoms. The van der Waals surface area contributed by atoms with E-state index in [-0.39, 0.29) is 23.3 Å². The van der Waals surface area contributed by atoms with E-state index in [1.807, 2.05) is 6.07 Å². The highest BCUT2D eigenvalue weighted by Gasteiger charge is 2.33. The van der Waals surface area contributed by atoms with Crippen LogP contribution >= 0.6 is 0 Å². The van der Waals surface area contributed by atoms with E-state index >= 15 is 4.39 Å². The minimum absolute atomic E-state index is 0.0275. The van der Waals surface area contributed by atoms with Crippen LogP contribution in [0.3, 0.4) is 0 Å². The van der Waals surface area contributed by atoms with E-state index in [1.165, 1.54) is 23.4 Å². The Morgan fingerprint density at radius 1 is 1.14 bits per heavy atom. The fourth-order valence-corrected chi connectivity index (χ4v) is 4.74. The number of amides is 1. The van der Waals surface area contributed by atoms with Gasteiger partial charge in [0.05, 0.1) is 35.9 Å². The predicted octanol–water partition coefficient (Wildman–Crippen LogP) is 3.37. The third-order valence-corrected chi connectivity index (χ3v) is 6.64. The van der Waals surface area contributed by atoms with Gasteiger partial charge >= 0.3 is 0 Å². The van der Waals surface area contributed by atoms with Crippen molar-refractivity contribution in [1.29, 1.82) is 0 Å². The van der Waals surface area contributed by atoms with Crippen molar-refractivity contribution < 1.29 is 14.3 Å². The van der Waals surface area contributed by atoms with Crippen LogP contribution in [-0.4, -0.2) is 42.7 Å². The number of benzene rings is 2. The number of carbonyl (C=O) groups is 1. The molecule has 3 heterocycles. The molecule has 0 bridgehead atoms. The van der Waals surface area contributed by atoms with E-state index in [0.29, 0.717) is 41.4 Å². The van der Waals surface area contributed by atoms with Crippen LogP contribution in [0.1, 0.15) is 45.8 Å². The van der Waals surface area contributed by atoms with Crippen LogP contribution < -0.4 is 16.0 Å². The number of nitrogen functional groups attached to an aromatic ring is 1.